The second-order valence-corrected chi connectivity index (χ2v) is 4.44. The third kappa shape index (κ3) is 17.7. The first kappa shape index (κ1) is 25.6. The first-order chi connectivity index (χ1) is 12.3. The predicted octanol–water partition coefficient (Wildman–Crippen LogP) is 1.38. The fourth-order valence-corrected chi connectivity index (χ4v) is 1.07. The molecule has 0 aliphatic rings. The number of benzene rings is 1. The standard InChI is InChI=1S/C11H12O3.C4H10O3.C3H4O2/c1-2-11(12)14-9-8-13-10-6-4-3-5-7-10;1-3(5)4(6)7-2;1-2-3(4)5/h2-7H,1,8-9H2;3-6H,1-2H3;2H,1H2,(H,4,5). The molecule has 2 atom stereocenters. The number of carbonyl (C=O) groups is 2. The van der Waals surface area contributed by atoms with Gasteiger partial charge in [-0.1, -0.05) is 31.4 Å². The highest BCUT2D eigenvalue weighted by Crippen LogP contribution is 2.07. The number of esters is 1. The molecule has 0 radical (unpaired) electrons. The summed E-state index contributed by atoms with van der Waals surface area (Å²) >= 11 is 0. The fraction of sp³-hybridized carbons (Fsp3) is 0.333. The van der Waals surface area contributed by atoms with Crippen LogP contribution in [0.4, 0.5) is 0 Å². The van der Waals surface area contributed by atoms with Gasteiger partial charge in [0.25, 0.3) is 0 Å². The predicted molar refractivity (Wildman–Crippen MR) is 95.6 cm³/mol. The molecular formula is C18H26O8. The summed E-state index contributed by atoms with van der Waals surface area (Å²) in [7, 11) is 1.33. The van der Waals surface area contributed by atoms with Gasteiger partial charge in [-0.2, -0.15) is 0 Å². The van der Waals surface area contributed by atoms with Crippen molar-refractivity contribution in [3.8, 4) is 5.75 Å². The molecule has 0 spiro atoms. The summed E-state index contributed by atoms with van der Waals surface area (Å²) in [4.78, 5) is 19.9. The van der Waals surface area contributed by atoms with E-state index in [2.05, 4.69) is 17.9 Å². The molecule has 0 saturated carbocycles. The molecule has 0 aliphatic carbocycles. The highest BCUT2D eigenvalue weighted by Gasteiger charge is 2.06. The maximum Gasteiger partial charge on any atom is 0.330 e. The van der Waals surface area contributed by atoms with Crippen LogP contribution in [-0.4, -0.2) is 60.0 Å². The van der Waals surface area contributed by atoms with Crippen molar-refractivity contribution in [3.63, 3.8) is 0 Å². The third-order valence-corrected chi connectivity index (χ3v) is 2.34. The van der Waals surface area contributed by atoms with Crippen LogP contribution < -0.4 is 4.74 Å². The third-order valence-electron chi connectivity index (χ3n) is 2.34. The zero-order valence-corrected chi connectivity index (χ0v) is 14.9. The van der Waals surface area contributed by atoms with Crippen LogP contribution in [0.3, 0.4) is 0 Å². The monoisotopic (exact) mass is 370 g/mol. The second kappa shape index (κ2) is 17.2. The summed E-state index contributed by atoms with van der Waals surface area (Å²) in [6.45, 7) is 8.28. The number of rotatable bonds is 8. The van der Waals surface area contributed by atoms with Crippen molar-refractivity contribution >= 4 is 11.9 Å². The molecule has 8 heteroatoms. The number of aliphatic carboxylic acids is 1. The minimum atomic E-state index is -1.04. The van der Waals surface area contributed by atoms with Gasteiger partial charge in [-0.15, -0.1) is 0 Å². The van der Waals surface area contributed by atoms with E-state index in [4.69, 9.17) is 24.8 Å². The van der Waals surface area contributed by atoms with Gasteiger partial charge in [0, 0.05) is 19.3 Å². The van der Waals surface area contributed by atoms with Crippen molar-refractivity contribution in [1.82, 2.24) is 0 Å². The van der Waals surface area contributed by atoms with Crippen LogP contribution >= 0.6 is 0 Å². The molecule has 0 heterocycles. The zero-order valence-electron chi connectivity index (χ0n) is 14.9. The molecule has 0 fully saturated rings. The normalized spacial score (nSPS) is 11.2. The van der Waals surface area contributed by atoms with Crippen molar-refractivity contribution in [2.75, 3.05) is 20.3 Å². The molecular weight excluding hydrogens is 344 g/mol. The van der Waals surface area contributed by atoms with E-state index in [1.807, 2.05) is 30.3 Å². The lowest BCUT2D eigenvalue weighted by atomic mass is 10.3. The number of para-hydroxylation sites is 1. The Kier molecular flexibility index (Phi) is 16.9. The lowest BCUT2D eigenvalue weighted by Crippen LogP contribution is -2.23. The maximum absolute atomic E-state index is 10.6. The molecule has 0 amide bonds. The lowest BCUT2D eigenvalue weighted by Gasteiger charge is -2.09. The first-order valence-electron chi connectivity index (χ1n) is 7.49. The quantitative estimate of drug-likeness (QED) is 0.271. The van der Waals surface area contributed by atoms with Crippen molar-refractivity contribution < 1.29 is 39.1 Å². The van der Waals surface area contributed by atoms with Gasteiger partial charge in [-0.25, -0.2) is 9.59 Å². The topological polar surface area (TPSA) is 123 Å². The van der Waals surface area contributed by atoms with E-state index in [0.29, 0.717) is 6.61 Å². The summed E-state index contributed by atoms with van der Waals surface area (Å²) < 4.78 is 14.3. The van der Waals surface area contributed by atoms with Crippen LogP contribution in [0.15, 0.2) is 55.6 Å². The highest BCUT2D eigenvalue weighted by atomic mass is 16.6. The number of aliphatic hydroxyl groups is 2. The number of carboxylic acids is 1. The van der Waals surface area contributed by atoms with Crippen LogP contribution in [0.5, 0.6) is 5.75 Å². The molecule has 1 rings (SSSR count). The number of carbonyl (C=O) groups excluding carboxylic acids is 1. The van der Waals surface area contributed by atoms with Gasteiger partial charge in [0.2, 0.25) is 0 Å². The average Bonchev–Trinajstić information content (AvgIpc) is 2.65. The Morgan fingerprint density at radius 3 is 2.00 bits per heavy atom. The van der Waals surface area contributed by atoms with E-state index in [1.165, 1.54) is 14.0 Å². The molecule has 26 heavy (non-hydrogen) atoms. The number of hydrogen-bond donors (Lipinski definition) is 3. The van der Waals surface area contributed by atoms with Crippen LogP contribution in [0.2, 0.25) is 0 Å². The number of carboxylic acid groups (broad SMARTS) is 1. The fourth-order valence-electron chi connectivity index (χ4n) is 1.07. The van der Waals surface area contributed by atoms with Gasteiger partial charge < -0.3 is 29.5 Å². The Morgan fingerprint density at radius 1 is 1.12 bits per heavy atom. The summed E-state index contributed by atoms with van der Waals surface area (Å²) in [5.41, 5.74) is 0. The maximum atomic E-state index is 10.6. The van der Waals surface area contributed by atoms with Crippen molar-refractivity contribution in [2.45, 2.75) is 19.3 Å². The minimum absolute atomic E-state index is 0.236. The van der Waals surface area contributed by atoms with Crippen LogP contribution in [-0.2, 0) is 19.1 Å². The minimum Gasteiger partial charge on any atom is -0.490 e. The van der Waals surface area contributed by atoms with E-state index in [0.717, 1.165) is 17.9 Å². The Labute approximate surface area is 152 Å². The smallest absolute Gasteiger partial charge is 0.330 e. The molecule has 2 unspecified atom stereocenters. The molecule has 1 aromatic carbocycles. The van der Waals surface area contributed by atoms with Gasteiger partial charge >= 0.3 is 11.9 Å². The molecule has 0 saturated heterocycles. The second-order valence-electron chi connectivity index (χ2n) is 4.44. The summed E-state index contributed by atoms with van der Waals surface area (Å²) in [5.74, 6) is -0.645. The Bertz CT molecular complexity index is 513. The lowest BCUT2D eigenvalue weighted by molar-refractivity contribution is -0.138. The van der Waals surface area contributed by atoms with Crippen molar-refractivity contribution in [1.29, 1.82) is 0 Å². The average molecular weight is 370 g/mol. The molecule has 8 nitrogen and oxygen atoms in total. The Hall–Kier alpha value is -2.68. The highest BCUT2D eigenvalue weighted by molar-refractivity contribution is 5.81. The van der Waals surface area contributed by atoms with Crippen molar-refractivity contribution in [2.24, 2.45) is 0 Å². The van der Waals surface area contributed by atoms with Gasteiger partial charge in [0.05, 0.1) is 0 Å². The summed E-state index contributed by atoms with van der Waals surface area (Å²) in [6, 6.07) is 9.35. The molecule has 0 bridgehead atoms. The number of hydrogen-bond acceptors (Lipinski definition) is 7. The van der Waals surface area contributed by atoms with Gasteiger partial charge in [0.15, 0.2) is 6.29 Å². The van der Waals surface area contributed by atoms with Gasteiger partial charge in [-0.05, 0) is 19.1 Å². The number of ether oxygens (including phenoxy) is 3. The van der Waals surface area contributed by atoms with E-state index in [-0.39, 0.29) is 6.61 Å². The van der Waals surface area contributed by atoms with Gasteiger partial charge in [0.1, 0.15) is 25.1 Å². The first-order valence-corrected chi connectivity index (χ1v) is 7.49. The molecule has 3 N–H and O–H groups in total. The zero-order chi connectivity index (χ0) is 20.4. The van der Waals surface area contributed by atoms with E-state index >= 15 is 0 Å². The molecule has 146 valence electrons. The SMILES string of the molecule is C=CC(=O)O.C=CC(=O)OCCOc1ccccc1.COC(O)C(C)O. The van der Waals surface area contributed by atoms with Crippen molar-refractivity contribution in [3.05, 3.63) is 55.6 Å². The van der Waals surface area contributed by atoms with E-state index in [1.54, 1.807) is 0 Å². The van der Waals surface area contributed by atoms with Crippen LogP contribution in [0, 0.1) is 0 Å². The Morgan fingerprint density at radius 2 is 1.65 bits per heavy atom. The van der Waals surface area contributed by atoms with Crippen LogP contribution in [0.25, 0.3) is 0 Å². The largest absolute Gasteiger partial charge is 0.490 e. The number of aliphatic hydroxyl groups excluding tert-OH is 2. The molecule has 0 aromatic heterocycles. The van der Waals surface area contributed by atoms with Gasteiger partial charge in [-0.3, -0.25) is 0 Å². The molecule has 0 aliphatic heterocycles. The van der Waals surface area contributed by atoms with E-state index < -0.39 is 24.3 Å². The summed E-state index contributed by atoms with van der Waals surface area (Å²) in [5, 5.41) is 24.5. The Balaban J connectivity index is 0. The van der Waals surface area contributed by atoms with E-state index in [9.17, 15) is 9.59 Å². The number of methoxy groups -OCH3 is 1. The van der Waals surface area contributed by atoms with Crippen LogP contribution in [0.1, 0.15) is 6.92 Å². The summed E-state index contributed by atoms with van der Waals surface area (Å²) in [6.07, 6.45) is 0.118. The molecule has 1 aromatic rings.